The zero-order valence-electron chi connectivity index (χ0n) is 44.3. The zero-order valence-corrected chi connectivity index (χ0v) is 47.2. The summed E-state index contributed by atoms with van der Waals surface area (Å²) in [5.41, 5.74) is 6.58. The second-order valence-electron chi connectivity index (χ2n) is 20.4. The fourth-order valence-electron chi connectivity index (χ4n) is 9.27. The number of aliphatic hydroxyl groups is 10. The third kappa shape index (κ3) is 21.0. The number of nitrogens with zero attached hydrogens (tertiary/aromatic N) is 1. The van der Waals surface area contributed by atoms with Crippen LogP contribution in [0, 0.1) is 21.3 Å². The number of pyridine rings is 1. The van der Waals surface area contributed by atoms with Crippen LogP contribution >= 0.6 is 34.2 Å². The Morgan fingerprint density at radius 1 is 0.782 bits per heavy atom. The number of aliphatic hydroxyl groups excluding tert-OH is 9. The van der Waals surface area contributed by atoms with Crippen LogP contribution in [0.2, 0.25) is 5.02 Å². The number of aliphatic carboxylic acids is 1. The highest BCUT2D eigenvalue weighted by Crippen LogP contribution is 2.39. The van der Waals surface area contributed by atoms with Gasteiger partial charge in [-0.3, -0.25) is 14.6 Å². The molecular formula is C56H80ClIN2O18. The number of esters is 1. The van der Waals surface area contributed by atoms with E-state index in [4.69, 9.17) is 36.3 Å². The molecular weight excluding hydrogens is 1150 g/mol. The van der Waals surface area contributed by atoms with Crippen LogP contribution in [0.15, 0.2) is 97.3 Å². The number of phenols is 1. The molecule has 0 spiro atoms. The first-order valence-corrected chi connectivity index (χ1v) is 27.7. The molecule has 0 radical (unpaired) electrons. The number of carboxylic acid groups (broad SMARTS) is 1. The lowest BCUT2D eigenvalue weighted by Crippen LogP contribution is -2.61. The van der Waals surface area contributed by atoms with Crippen LogP contribution in [-0.4, -0.2) is 176 Å². The molecule has 2 aromatic rings. The Bertz CT molecular complexity index is 2370. The average molecular weight is 1230 g/mol. The molecule has 14 unspecified atom stereocenters. The van der Waals surface area contributed by atoms with Crippen molar-refractivity contribution < 1.29 is 89.8 Å². The van der Waals surface area contributed by atoms with Crippen molar-refractivity contribution in [3.8, 4) is 5.75 Å². The fraction of sp³-hybridized carbons (Fsp3) is 0.589. The van der Waals surface area contributed by atoms with Crippen LogP contribution in [0.25, 0.3) is 10.9 Å². The van der Waals surface area contributed by atoms with E-state index in [0.29, 0.717) is 14.1 Å². The van der Waals surface area contributed by atoms with Gasteiger partial charge in [0.15, 0.2) is 17.8 Å². The number of carboxylic acids is 1. The van der Waals surface area contributed by atoms with Gasteiger partial charge in [-0.15, -0.1) is 0 Å². The van der Waals surface area contributed by atoms with Gasteiger partial charge < -0.3 is 86.0 Å². The van der Waals surface area contributed by atoms with Crippen molar-refractivity contribution in [2.24, 2.45) is 23.5 Å². The lowest BCUT2D eigenvalue weighted by atomic mass is 9.82. The Kier molecular flexibility index (Phi) is 27.9. The molecule has 2 bridgehead atoms. The molecule has 0 aliphatic carbocycles. The van der Waals surface area contributed by atoms with Crippen molar-refractivity contribution in [3.05, 3.63) is 106 Å². The van der Waals surface area contributed by atoms with E-state index in [9.17, 15) is 70.9 Å². The van der Waals surface area contributed by atoms with Crippen molar-refractivity contribution in [2.45, 2.75) is 189 Å². The van der Waals surface area contributed by atoms with E-state index in [2.05, 4.69) is 4.98 Å². The van der Waals surface area contributed by atoms with E-state index in [-0.39, 0.29) is 43.8 Å². The molecule has 14 N–H and O–H groups in total. The number of carbonyl (C=O) groups is 2. The molecule has 19 atom stereocenters. The third-order valence-electron chi connectivity index (χ3n) is 14.0. The van der Waals surface area contributed by atoms with Crippen molar-refractivity contribution in [3.63, 3.8) is 0 Å². The molecule has 78 heavy (non-hydrogen) atoms. The minimum Gasteiger partial charge on any atom is -0.505 e. The number of allylic oxidation sites excluding steroid dienone is 10. The number of hydrogen-bond acceptors (Lipinski definition) is 19. The maximum atomic E-state index is 12.6. The van der Waals surface area contributed by atoms with Crippen LogP contribution in [0.3, 0.4) is 0 Å². The Morgan fingerprint density at radius 2 is 1.40 bits per heavy atom. The summed E-state index contributed by atoms with van der Waals surface area (Å²) in [6.07, 6.45) is 3.92. The molecule has 4 heterocycles. The van der Waals surface area contributed by atoms with Gasteiger partial charge in [-0.05, 0) is 93.2 Å². The first kappa shape index (κ1) is 66.8. The molecule has 3 aliphatic rings. The minimum absolute atomic E-state index is 0.138. The van der Waals surface area contributed by atoms with E-state index in [1.807, 2.05) is 78.1 Å². The van der Waals surface area contributed by atoms with Crippen LogP contribution in [0.1, 0.15) is 91.9 Å². The number of carbonyl (C=O) groups excluding carboxylic acids is 1. The van der Waals surface area contributed by atoms with Gasteiger partial charge in [0.1, 0.15) is 23.6 Å². The summed E-state index contributed by atoms with van der Waals surface area (Å²) in [5, 5.41) is 129. The largest absolute Gasteiger partial charge is 0.505 e. The highest BCUT2D eigenvalue weighted by molar-refractivity contribution is 14.1. The fourth-order valence-corrected chi connectivity index (χ4v) is 10.3. The maximum Gasteiger partial charge on any atom is 0.311 e. The maximum absolute atomic E-state index is 12.6. The van der Waals surface area contributed by atoms with Crippen molar-refractivity contribution in [1.29, 1.82) is 0 Å². The van der Waals surface area contributed by atoms with Gasteiger partial charge >= 0.3 is 11.9 Å². The van der Waals surface area contributed by atoms with E-state index in [1.165, 1.54) is 13.0 Å². The van der Waals surface area contributed by atoms with Crippen LogP contribution in [0.5, 0.6) is 5.75 Å². The molecule has 2 saturated heterocycles. The van der Waals surface area contributed by atoms with Crippen LogP contribution in [-0.2, 0) is 28.5 Å². The molecule has 5 rings (SSSR count). The van der Waals surface area contributed by atoms with Gasteiger partial charge in [0.25, 0.3) is 0 Å². The molecule has 0 saturated carbocycles. The number of ether oxygens (including phenoxy) is 4. The molecule has 0 amide bonds. The number of rotatable bonds is 3. The number of cyclic esters (lactones) is 1. The number of hydrogen-bond donors (Lipinski definition) is 13. The predicted octanol–water partition coefficient (Wildman–Crippen LogP) is 4.13. The smallest absolute Gasteiger partial charge is 0.311 e. The lowest BCUT2D eigenvalue weighted by molar-refractivity contribution is -0.310. The van der Waals surface area contributed by atoms with Gasteiger partial charge in [-0.2, -0.15) is 0 Å². The molecule has 20 nitrogen and oxygen atoms in total. The quantitative estimate of drug-likeness (QED) is 0.152. The number of nitrogens with two attached hydrogens (primary N) is 1. The topological polar surface area (TPSA) is 353 Å². The van der Waals surface area contributed by atoms with Crippen molar-refractivity contribution in [2.75, 3.05) is 0 Å². The number of aromatic hydroxyl groups is 1. The summed E-state index contributed by atoms with van der Waals surface area (Å²) < 4.78 is 23.9. The van der Waals surface area contributed by atoms with Gasteiger partial charge in [-0.25, -0.2) is 0 Å². The molecule has 2 fully saturated rings. The predicted molar refractivity (Wildman–Crippen MR) is 298 cm³/mol. The average Bonchev–Trinajstić information content (AvgIpc) is 3.43. The first-order chi connectivity index (χ1) is 36.8. The highest BCUT2D eigenvalue weighted by atomic mass is 127. The first-order valence-electron chi connectivity index (χ1n) is 26.3. The normalized spacial score (nSPS) is 39.5. The Labute approximate surface area is 474 Å². The lowest BCUT2D eigenvalue weighted by Gasteiger charge is -2.45. The SMILES string of the molecule is CC1OC(OC2/C=C/C=C/C=C/C=C/CC/C=C/C=C/[C@H](C)[C@@H](O)[C@@H](C)[C@H](C)OC(=O)CC(O)CC(O)CC(O)CCC(O)C(O)C[C@]3(O)CC(O)C(C(=O)O)C(C2)O3)C(O)C(N)C1O.Oc1c(I)cc(Cl)c2cccnc12. The number of phenolic OH excluding ortho intramolecular Hbond substituents is 1. The molecule has 1 aromatic carbocycles. The monoisotopic (exact) mass is 1230 g/mol. The minimum atomic E-state index is -2.35. The van der Waals surface area contributed by atoms with Crippen molar-refractivity contribution >= 4 is 57.0 Å². The number of benzene rings is 1. The summed E-state index contributed by atoms with van der Waals surface area (Å²) in [6, 6.07) is 4.21. The van der Waals surface area contributed by atoms with Crippen LogP contribution in [0.4, 0.5) is 0 Å². The van der Waals surface area contributed by atoms with E-state index in [1.54, 1.807) is 56.5 Å². The third-order valence-corrected chi connectivity index (χ3v) is 15.1. The van der Waals surface area contributed by atoms with E-state index in [0.717, 1.165) is 18.2 Å². The van der Waals surface area contributed by atoms with E-state index < -0.39 is 141 Å². The summed E-state index contributed by atoms with van der Waals surface area (Å²) >= 11 is 8.00. The zero-order chi connectivity index (χ0) is 57.9. The second kappa shape index (κ2) is 32.6. The molecule has 436 valence electrons. The molecule has 3 aliphatic heterocycles. The number of aromatic nitrogens is 1. The second-order valence-corrected chi connectivity index (χ2v) is 22.0. The summed E-state index contributed by atoms with van der Waals surface area (Å²) in [4.78, 5) is 29.2. The van der Waals surface area contributed by atoms with Gasteiger partial charge in [0, 0.05) is 42.7 Å². The standard InChI is InChI=1S/C47H75NO17.C9H5ClINO/c1-27-17-15-13-11-9-7-5-6-8-10-12-14-16-18-34(64-46-44(58)41(48)43(57)30(4)63-46)24-38-40(45(59)60)37(54)26-47(61,65-38)25-36(53)35(52)20-19-31(49)21-32(50)22-33(51)23-39(55)62-29(3)28(2)42(27)56;10-6-4-7(11)9(13)8-5(6)2-1-3-12-8/h5-6,8,10-18,27-38,40-44,46,49-54,56-58,61H,7,9,19-26,48H2,1-4H3,(H,59,60);1-4,13H/b6-5+,10-8+,13-11+,14-12+,17-15+,18-16+;/t27-,28-,29-,30?,31?,32?,33?,34?,35?,36?,37?,38?,40?,41?,42+,43?,44?,46?,47+;/m0./s1. The van der Waals surface area contributed by atoms with Crippen molar-refractivity contribution in [1.82, 2.24) is 4.98 Å². The molecule has 22 heteroatoms. The Morgan fingerprint density at radius 3 is 2.08 bits per heavy atom. The Balaban J connectivity index is 0.000000870. The van der Waals surface area contributed by atoms with Gasteiger partial charge in [0.2, 0.25) is 0 Å². The van der Waals surface area contributed by atoms with Crippen LogP contribution < -0.4 is 5.73 Å². The molecule has 1 aromatic heterocycles. The van der Waals surface area contributed by atoms with E-state index >= 15 is 0 Å². The number of fused-ring (bicyclic) bond motifs is 3. The highest BCUT2D eigenvalue weighted by Gasteiger charge is 2.51. The summed E-state index contributed by atoms with van der Waals surface area (Å²) in [5.74, 6) is -6.63. The number of halogens is 2. The van der Waals surface area contributed by atoms with Gasteiger partial charge in [-0.1, -0.05) is 98.4 Å². The Hall–Kier alpha value is -3.73. The van der Waals surface area contributed by atoms with Gasteiger partial charge in [0.05, 0.1) is 88.2 Å². The summed E-state index contributed by atoms with van der Waals surface area (Å²) in [7, 11) is 0. The summed E-state index contributed by atoms with van der Waals surface area (Å²) in [6.45, 7) is 6.78.